The predicted molar refractivity (Wildman–Crippen MR) is 82.7 cm³/mol. The normalized spacial score (nSPS) is 13.8. The van der Waals surface area contributed by atoms with Crippen molar-refractivity contribution >= 4 is 5.91 Å². The van der Waals surface area contributed by atoms with E-state index >= 15 is 0 Å². The van der Waals surface area contributed by atoms with Gasteiger partial charge >= 0.3 is 0 Å². The highest BCUT2D eigenvalue weighted by molar-refractivity contribution is 5.92. The van der Waals surface area contributed by atoms with E-state index in [0.717, 1.165) is 16.8 Å². The van der Waals surface area contributed by atoms with Crippen LogP contribution in [0.15, 0.2) is 16.8 Å². The fourth-order valence-electron chi connectivity index (χ4n) is 2.80. The van der Waals surface area contributed by atoms with E-state index in [1.54, 1.807) is 17.2 Å². The van der Waals surface area contributed by atoms with Crippen molar-refractivity contribution in [3.8, 4) is 6.07 Å². The molecular weight excluding hydrogens is 292 g/mol. The largest absolute Gasteiger partial charge is 0.360 e. The quantitative estimate of drug-likeness (QED) is 0.851. The van der Waals surface area contributed by atoms with E-state index in [2.05, 4.69) is 16.2 Å². The highest BCUT2D eigenvalue weighted by atomic mass is 16.5. The first-order chi connectivity index (χ1) is 11.0. The van der Waals surface area contributed by atoms with Crippen LogP contribution >= 0.6 is 0 Å². The highest BCUT2D eigenvalue weighted by Gasteiger charge is 2.26. The van der Waals surface area contributed by atoms with Gasteiger partial charge in [0, 0.05) is 31.3 Å². The van der Waals surface area contributed by atoms with Crippen molar-refractivity contribution in [2.45, 2.75) is 39.7 Å². The van der Waals surface area contributed by atoms with Crippen molar-refractivity contribution in [3.05, 3.63) is 46.1 Å². The molecule has 3 rings (SSSR count). The Balaban J connectivity index is 1.84. The molecule has 2 aromatic rings. The van der Waals surface area contributed by atoms with Crippen molar-refractivity contribution in [1.82, 2.24) is 15.0 Å². The third kappa shape index (κ3) is 2.70. The Labute approximate surface area is 134 Å². The average Bonchev–Trinajstić information content (AvgIpc) is 3.04. The third-order valence-corrected chi connectivity index (χ3v) is 4.17. The zero-order valence-electron chi connectivity index (χ0n) is 13.5. The molecule has 23 heavy (non-hydrogen) atoms. The van der Waals surface area contributed by atoms with Gasteiger partial charge in [-0.05, 0) is 24.5 Å². The summed E-state index contributed by atoms with van der Waals surface area (Å²) in [6.07, 6.45) is 2.41. The third-order valence-electron chi connectivity index (χ3n) is 4.17. The van der Waals surface area contributed by atoms with E-state index in [1.165, 1.54) is 0 Å². The zero-order chi connectivity index (χ0) is 16.6. The molecule has 6 heteroatoms. The minimum absolute atomic E-state index is 0.148. The van der Waals surface area contributed by atoms with Crippen LogP contribution in [0.2, 0.25) is 0 Å². The number of aryl methyl sites for hydroxylation is 1. The maximum Gasteiger partial charge on any atom is 0.276 e. The van der Waals surface area contributed by atoms with Crippen LogP contribution in [0.4, 0.5) is 0 Å². The molecule has 1 amide bonds. The number of carbonyl (C=O) groups is 1. The van der Waals surface area contributed by atoms with E-state index in [0.29, 0.717) is 36.5 Å². The van der Waals surface area contributed by atoms with Gasteiger partial charge in [-0.25, -0.2) is 0 Å². The number of amides is 1. The van der Waals surface area contributed by atoms with Gasteiger partial charge in [0.25, 0.3) is 5.91 Å². The zero-order valence-corrected chi connectivity index (χ0v) is 13.5. The molecule has 118 valence electrons. The lowest BCUT2D eigenvalue weighted by Crippen LogP contribution is -2.36. The maximum atomic E-state index is 12.6. The molecule has 0 unspecified atom stereocenters. The van der Waals surface area contributed by atoms with E-state index < -0.39 is 0 Å². The first-order valence-electron chi connectivity index (χ1n) is 7.64. The first kappa shape index (κ1) is 15.2. The molecule has 0 saturated heterocycles. The van der Waals surface area contributed by atoms with Gasteiger partial charge in [-0.15, -0.1) is 0 Å². The molecule has 0 radical (unpaired) electrons. The predicted octanol–water partition coefficient (Wildman–Crippen LogP) is 2.57. The number of rotatable bonds is 2. The van der Waals surface area contributed by atoms with Crippen LogP contribution in [0.25, 0.3) is 0 Å². The lowest BCUT2D eigenvalue weighted by molar-refractivity contribution is 0.0723. The number of hydrogen-bond donors (Lipinski definition) is 0. The van der Waals surface area contributed by atoms with Crippen LogP contribution in [0, 0.1) is 18.3 Å². The van der Waals surface area contributed by atoms with Crippen molar-refractivity contribution in [2.75, 3.05) is 6.54 Å². The van der Waals surface area contributed by atoms with Gasteiger partial charge in [-0.1, -0.05) is 19.0 Å². The summed E-state index contributed by atoms with van der Waals surface area (Å²) in [5.41, 5.74) is 3.64. The molecule has 0 saturated carbocycles. The highest BCUT2D eigenvalue weighted by Crippen LogP contribution is 2.25. The Morgan fingerprint density at radius 1 is 1.48 bits per heavy atom. The SMILES string of the molecule is Cc1ncc2c(c1C#N)CCN(C(=O)c1cc(C(C)C)on1)C2. The van der Waals surface area contributed by atoms with E-state index in [1.807, 2.05) is 20.8 Å². The van der Waals surface area contributed by atoms with Crippen molar-refractivity contribution in [3.63, 3.8) is 0 Å². The van der Waals surface area contributed by atoms with Gasteiger partial charge < -0.3 is 9.42 Å². The second kappa shape index (κ2) is 5.84. The standard InChI is InChI=1S/C17H18N4O2/c1-10(2)16-6-15(20-23-16)17(22)21-5-4-13-12(9-21)8-19-11(3)14(13)7-18/h6,8,10H,4-5,9H2,1-3H3. The topological polar surface area (TPSA) is 83.0 Å². The Morgan fingerprint density at radius 3 is 2.91 bits per heavy atom. The summed E-state index contributed by atoms with van der Waals surface area (Å²) in [4.78, 5) is 18.6. The molecule has 0 aromatic carbocycles. The van der Waals surface area contributed by atoms with Crippen LogP contribution in [-0.2, 0) is 13.0 Å². The molecule has 1 aliphatic heterocycles. The molecule has 0 atom stereocenters. The van der Waals surface area contributed by atoms with Gasteiger partial charge in [0.1, 0.15) is 11.8 Å². The Kier molecular flexibility index (Phi) is 3.87. The summed E-state index contributed by atoms with van der Waals surface area (Å²) in [5, 5.41) is 13.2. The lowest BCUT2D eigenvalue weighted by Gasteiger charge is -2.28. The number of hydrogen-bond acceptors (Lipinski definition) is 5. The van der Waals surface area contributed by atoms with E-state index in [9.17, 15) is 10.1 Å². The summed E-state index contributed by atoms with van der Waals surface area (Å²) in [7, 11) is 0. The van der Waals surface area contributed by atoms with Gasteiger partial charge in [0.05, 0.1) is 11.3 Å². The molecule has 0 N–H and O–H groups in total. The Bertz CT molecular complexity index is 801. The van der Waals surface area contributed by atoms with E-state index in [4.69, 9.17) is 4.52 Å². The molecule has 1 aliphatic rings. The van der Waals surface area contributed by atoms with Gasteiger partial charge in [-0.3, -0.25) is 9.78 Å². The average molecular weight is 310 g/mol. The second-order valence-corrected chi connectivity index (χ2v) is 6.08. The fourth-order valence-corrected chi connectivity index (χ4v) is 2.80. The summed E-state index contributed by atoms with van der Waals surface area (Å²) in [6, 6.07) is 3.93. The van der Waals surface area contributed by atoms with Crippen LogP contribution < -0.4 is 0 Å². The first-order valence-corrected chi connectivity index (χ1v) is 7.64. The molecule has 0 aliphatic carbocycles. The molecule has 2 aromatic heterocycles. The van der Waals surface area contributed by atoms with Crippen LogP contribution in [0.1, 0.15) is 58.4 Å². The van der Waals surface area contributed by atoms with Gasteiger partial charge in [0.15, 0.2) is 5.69 Å². The van der Waals surface area contributed by atoms with Crippen LogP contribution in [-0.4, -0.2) is 27.5 Å². The lowest BCUT2D eigenvalue weighted by atomic mass is 9.95. The maximum absolute atomic E-state index is 12.6. The van der Waals surface area contributed by atoms with E-state index in [-0.39, 0.29) is 11.8 Å². The van der Waals surface area contributed by atoms with Crippen molar-refractivity contribution in [2.24, 2.45) is 0 Å². The van der Waals surface area contributed by atoms with Gasteiger partial charge in [0.2, 0.25) is 0 Å². The van der Waals surface area contributed by atoms with Crippen LogP contribution in [0.3, 0.4) is 0 Å². The number of pyridine rings is 1. The number of carbonyl (C=O) groups excluding carboxylic acids is 1. The molecule has 3 heterocycles. The fraction of sp³-hybridized carbons (Fsp3) is 0.412. The minimum atomic E-state index is -0.148. The minimum Gasteiger partial charge on any atom is -0.360 e. The monoisotopic (exact) mass is 310 g/mol. The number of fused-ring (bicyclic) bond motifs is 1. The summed E-state index contributed by atoms with van der Waals surface area (Å²) in [6.45, 7) is 6.82. The summed E-state index contributed by atoms with van der Waals surface area (Å²) >= 11 is 0. The number of aromatic nitrogens is 2. The summed E-state index contributed by atoms with van der Waals surface area (Å²) in [5.74, 6) is 0.747. The second-order valence-electron chi connectivity index (χ2n) is 6.08. The molecular formula is C17H18N4O2. The van der Waals surface area contributed by atoms with Crippen LogP contribution in [0.5, 0.6) is 0 Å². The number of nitrogens with zero attached hydrogens (tertiary/aromatic N) is 4. The molecule has 0 fully saturated rings. The molecule has 0 bridgehead atoms. The summed E-state index contributed by atoms with van der Waals surface area (Å²) < 4.78 is 5.21. The smallest absolute Gasteiger partial charge is 0.276 e. The van der Waals surface area contributed by atoms with Crippen molar-refractivity contribution in [1.29, 1.82) is 5.26 Å². The Morgan fingerprint density at radius 2 is 2.26 bits per heavy atom. The van der Waals surface area contributed by atoms with Crippen molar-refractivity contribution < 1.29 is 9.32 Å². The number of nitriles is 1. The molecule has 0 spiro atoms. The van der Waals surface area contributed by atoms with Gasteiger partial charge in [-0.2, -0.15) is 5.26 Å². The Hall–Kier alpha value is -2.68. The molecule has 6 nitrogen and oxygen atoms in total.